The zero-order valence-corrected chi connectivity index (χ0v) is 11.4. The van der Waals surface area contributed by atoms with Crippen molar-refractivity contribution in [2.75, 3.05) is 0 Å². The van der Waals surface area contributed by atoms with Gasteiger partial charge >= 0.3 is 82.9 Å². The standard InChI is InChI=1S/C6H11.C3H4O4.CH3.Ca/c1-2-4-6-5-3-1;4-2(5)1-3(6)7;;/h1H,2-6H2;1H2,(H,4,5)(H,6,7);1H3;. The van der Waals surface area contributed by atoms with Gasteiger partial charge in [0.15, 0.2) is 0 Å². The summed E-state index contributed by atoms with van der Waals surface area (Å²) in [5, 5.41) is 15.4. The van der Waals surface area contributed by atoms with Crippen LogP contribution in [0.3, 0.4) is 0 Å². The first-order valence-electron chi connectivity index (χ1n) is 5.49. The normalized spacial score (nSPS) is 15.8. The molecular weight excluding hydrogens is 224 g/mol. The van der Waals surface area contributed by atoms with E-state index < -0.39 is 18.4 Å². The Morgan fingerprint density at radius 2 is 1.60 bits per heavy atom. The summed E-state index contributed by atoms with van der Waals surface area (Å²) < 4.78 is 3.78. The van der Waals surface area contributed by atoms with Crippen molar-refractivity contribution in [1.29, 1.82) is 0 Å². The Kier molecular flexibility index (Phi) is 9.55. The van der Waals surface area contributed by atoms with Gasteiger partial charge in [0.05, 0.1) is 0 Å². The molecule has 0 aromatic carbocycles. The van der Waals surface area contributed by atoms with Crippen molar-refractivity contribution in [3.8, 4) is 0 Å². The van der Waals surface area contributed by atoms with Crippen LogP contribution in [0.15, 0.2) is 0 Å². The van der Waals surface area contributed by atoms with Crippen LogP contribution in [0.1, 0.15) is 38.5 Å². The predicted molar refractivity (Wildman–Crippen MR) is 58.3 cm³/mol. The fourth-order valence-electron chi connectivity index (χ4n) is 1.72. The first-order valence-corrected chi connectivity index (χ1v) is 8.98. The van der Waals surface area contributed by atoms with Gasteiger partial charge in [0.1, 0.15) is 6.42 Å². The third-order valence-electron chi connectivity index (χ3n) is 2.60. The van der Waals surface area contributed by atoms with Gasteiger partial charge in [-0.25, -0.2) is 0 Å². The number of hydrogen-bond acceptors (Lipinski definition) is 2. The van der Waals surface area contributed by atoms with Crippen LogP contribution in [0.4, 0.5) is 0 Å². The molecule has 1 aliphatic rings. The summed E-state index contributed by atoms with van der Waals surface area (Å²) >= 11 is 0.00125. The van der Waals surface area contributed by atoms with Crippen LogP contribution in [0, 0.1) is 0 Å². The molecule has 84 valence electrons. The van der Waals surface area contributed by atoms with Crippen LogP contribution in [0.2, 0.25) is 5.04 Å². The van der Waals surface area contributed by atoms with Gasteiger partial charge in [-0.2, -0.15) is 0 Å². The van der Waals surface area contributed by atoms with Crippen LogP contribution in [-0.2, 0) is 9.59 Å². The van der Waals surface area contributed by atoms with Crippen molar-refractivity contribution < 1.29 is 19.8 Å². The molecule has 0 saturated heterocycles. The van der Waals surface area contributed by atoms with Gasteiger partial charge < -0.3 is 10.2 Å². The Balaban J connectivity index is 0.000000265. The molecule has 1 aliphatic carbocycles. The van der Waals surface area contributed by atoms with Crippen LogP contribution in [0.25, 0.3) is 0 Å². The van der Waals surface area contributed by atoms with E-state index in [0.29, 0.717) is 0 Å². The van der Waals surface area contributed by atoms with Crippen molar-refractivity contribution in [1.82, 2.24) is 0 Å². The molecule has 1 fully saturated rings. The second-order valence-corrected chi connectivity index (χ2v) is 6.95. The van der Waals surface area contributed by atoms with Crippen molar-refractivity contribution in [3.63, 3.8) is 0 Å². The molecule has 2 N–H and O–H groups in total. The minimum atomic E-state index is -1.31. The summed E-state index contributed by atoms with van der Waals surface area (Å²) in [6, 6.07) is 0. The van der Waals surface area contributed by atoms with Gasteiger partial charge in [-0.05, 0) is 0 Å². The number of aliphatic carboxylic acids is 2. The van der Waals surface area contributed by atoms with E-state index in [1.54, 1.807) is 25.7 Å². The SMILES string of the molecule is O=C(O)CC(=O)O.[CH3][Ca][CH]1CCCCC1. The van der Waals surface area contributed by atoms with E-state index in [4.69, 9.17) is 10.2 Å². The molecule has 0 bridgehead atoms. The molecule has 0 heterocycles. The van der Waals surface area contributed by atoms with Crippen molar-refractivity contribution >= 4 is 45.8 Å². The van der Waals surface area contributed by atoms with E-state index >= 15 is 0 Å². The minimum absolute atomic E-state index is 0.00125. The van der Waals surface area contributed by atoms with Crippen molar-refractivity contribution in [2.24, 2.45) is 0 Å². The van der Waals surface area contributed by atoms with Crippen LogP contribution < -0.4 is 0 Å². The Bertz CT molecular complexity index is 188. The van der Waals surface area contributed by atoms with E-state index in [1.165, 1.54) is 8.44 Å². The zero-order valence-electron chi connectivity index (χ0n) is 9.24. The predicted octanol–water partition coefficient (Wildman–Crippen LogP) is 2.04. The van der Waals surface area contributed by atoms with Gasteiger partial charge in [-0.1, -0.05) is 0 Å². The molecule has 0 unspecified atom stereocenters. The Morgan fingerprint density at radius 3 is 1.80 bits per heavy atom. The zero-order chi connectivity index (χ0) is 11.7. The van der Waals surface area contributed by atoms with E-state index in [2.05, 4.69) is 3.02 Å². The Hall–Kier alpha value is 0.200. The monoisotopic (exact) mass is 242 g/mol. The number of carboxylic acid groups (broad SMARTS) is 2. The number of rotatable bonds is 3. The summed E-state index contributed by atoms with van der Waals surface area (Å²) in [5.74, 6) is -2.62. The molecule has 5 heteroatoms. The van der Waals surface area contributed by atoms with E-state index in [1.807, 2.05) is 0 Å². The van der Waals surface area contributed by atoms with Gasteiger partial charge in [0.25, 0.3) is 0 Å². The van der Waals surface area contributed by atoms with E-state index in [-0.39, 0.29) is 33.8 Å². The molecule has 0 aromatic rings. The van der Waals surface area contributed by atoms with Crippen LogP contribution >= 0.6 is 0 Å². The molecular formula is C10H18CaO4. The maximum absolute atomic E-state index is 9.43. The third-order valence-corrected chi connectivity index (χ3v) is 5.68. The molecule has 0 aliphatic heterocycles. The fraction of sp³-hybridized carbons (Fsp3) is 0.800. The van der Waals surface area contributed by atoms with Gasteiger partial charge in [0, 0.05) is 0 Å². The van der Waals surface area contributed by atoms with Gasteiger partial charge in [-0.15, -0.1) is 0 Å². The quantitative estimate of drug-likeness (QED) is 0.586. The molecule has 4 nitrogen and oxygen atoms in total. The summed E-state index contributed by atoms with van der Waals surface area (Å²) in [6.07, 6.45) is 7.00. The summed E-state index contributed by atoms with van der Waals surface area (Å²) in [5.41, 5.74) is 0. The maximum atomic E-state index is 9.43. The van der Waals surface area contributed by atoms with Crippen LogP contribution in [0.5, 0.6) is 0 Å². The van der Waals surface area contributed by atoms with Gasteiger partial charge in [0.2, 0.25) is 0 Å². The Labute approximate surface area is 108 Å². The van der Waals surface area contributed by atoms with E-state index in [9.17, 15) is 9.59 Å². The second kappa shape index (κ2) is 9.43. The molecule has 15 heavy (non-hydrogen) atoms. The third kappa shape index (κ3) is 10.5. The molecule has 0 aromatic heterocycles. The fourth-order valence-corrected chi connectivity index (χ4v) is 3.90. The average molecular weight is 242 g/mol. The van der Waals surface area contributed by atoms with Crippen molar-refractivity contribution in [3.05, 3.63) is 0 Å². The molecule has 1 rings (SSSR count). The van der Waals surface area contributed by atoms with Crippen LogP contribution in [-0.4, -0.2) is 56.0 Å². The summed E-state index contributed by atoms with van der Waals surface area (Å²) in [4.78, 5) is 18.9. The van der Waals surface area contributed by atoms with E-state index in [0.717, 1.165) is 0 Å². The first kappa shape index (κ1) is 15.2. The molecule has 0 amide bonds. The Morgan fingerprint density at radius 1 is 1.13 bits per heavy atom. The second-order valence-electron chi connectivity index (χ2n) is 3.88. The molecule has 1 saturated carbocycles. The first-order chi connectivity index (χ1) is 7.06. The molecule has 0 atom stereocenters. The number of hydrogen-bond donors (Lipinski definition) is 2. The molecule has 0 spiro atoms. The molecule has 0 radical (unpaired) electrons. The number of carbonyl (C=O) groups is 2. The van der Waals surface area contributed by atoms with Crippen molar-refractivity contribution in [2.45, 2.75) is 43.6 Å². The average Bonchev–Trinajstić information content (AvgIpc) is 2.18. The summed E-state index contributed by atoms with van der Waals surface area (Å²) in [6.45, 7) is 0. The topological polar surface area (TPSA) is 74.6 Å². The number of carboxylic acids is 2. The summed E-state index contributed by atoms with van der Waals surface area (Å²) in [7, 11) is 0. The van der Waals surface area contributed by atoms with Gasteiger partial charge in [-0.3, -0.25) is 9.59 Å².